The summed E-state index contributed by atoms with van der Waals surface area (Å²) in [6, 6.07) is 7.50. The van der Waals surface area contributed by atoms with E-state index in [1.54, 1.807) is 18.3 Å². The quantitative estimate of drug-likeness (QED) is 0.835. The number of aromatic nitrogens is 1. The minimum absolute atomic E-state index is 0.163. The van der Waals surface area contributed by atoms with Gasteiger partial charge in [0.05, 0.1) is 5.56 Å². The number of benzene rings is 1. The minimum atomic E-state index is -0.163. The van der Waals surface area contributed by atoms with Crippen molar-refractivity contribution < 1.29 is 14.3 Å². The van der Waals surface area contributed by atoms with Gasteiger partial charge in [0.1, 0.15) is 11.8 Å². The van der Waals surface area contributed by atoms with Gasteiger partial charge in [0.15, 0.2) is 17.3 Å². The van der Waals surface area contributed by atoms with Crippen LogP contribution in [0.15, 0.2) is 24.4 Å². The third kappa shape index (κ3) is 1.74. The van der Waals surface area contributed by atoms with Crippen molar-refractivity contribution >= 4 is 5.78 Å². The first-order valence-electron chi connectivity index (χ1n) is 5.73. The van der Waals surface area contributed by atoms with Crippen LogP contribution in [-0.2, 0) is 0 Å². The lowest BCUT2D eigenvalue weighted by Gasteiger charge is -2.01. The van der Waals surface area contributed by atoms with E-state index < -0.39 is 0 Å². The molecule has 0 unspecified atom stereocenters. The lowest BCUT2D eigenvalue weighted by Crippen LogP contribution is -1.95. The number of nitrogens with zero attached hydrogens (tertiary/aromatic N) is 1. The molecular weight excluding hydrogens is 244 g/mol. The normalized spacial score (nSPS) is 12.2. The van der Waals surface area contributed by atoms with Gasteiger partial charge in [0, 0.05) is 18.7 Å². The summed E-state index contributed by atoms with van der Waals surface area (Å²) in [4.78, 5) is 14.3. The van der Waals surface area contributed by atoms with Crippen molar-refractivity contribution in [3.05, 3.63) is 35.7 Å². The van der Waals surface area contributed by atoms with E-state index in [1.807, 2.05) is 6.07 Å². The molecule has 0 radical (unpaired) electrons. The van der Waals surface area contributed by atoms with Gasteiger partial charge in [0.2, 0.25) is 6.79 Å². The van der Waals surface area contributed by atoms with Crippen molar-refractivity contribution in [2.45, 2.75) is 6.92 Å². The van der Waals surface area contributed by atoms with E-state index in [1.165, 1.54) is 6.92 Å². The first kappa shape index (κ1) is 11.4. The Kier molecular flexibility index (Phi) is 2.50. The topological polar surface area (TPSA) is 75.1 Å². The molecule has 0 saturated heterocycles. The first-order valence-corrected chi connectivity index (χ1v) is 5.73. The van der Waals surface area contributed by atoms with E-state index >= 15 is 0 Å². The zero-order chi connectivity index (χ0) is 13.4. The highest BCUT2D eigenvalue weighted by molar-refractivity contribution is 5.97. The molecule has 5 nitrogen and oxygen atoms in total. The summed E-state index contributed by atoms with van der Waals surface area (Å²) in [6.45, 7) is 1.63. The molecule has 0 bridgehead atoms. The van der Waals surface area contributed by atoms with Crippen LogP contribution in [0.1, 0.15) is 23.0 Å². The molecule has 5 heteroatoms. The third-order valence-electron chi connectivity index (χ3n) is 3.03. The van der Waals surface area contributed by atoms with Gasteiger partial charge in [-0.2, -0.15) is 5.26 Å². The Morgan fingerprint density at radius 2 is 2.16 bits per heavy atom. The van der Waals surface area contributed by atoms with Gasteiger partial charge in [-0.25, -0.2) is 0 Å². The molecule has 2 heterocycles. The van der Waals surface area contributed by atoms with Crippen molar-refractivity contribution in [3.8, 4) is 28.7 Å². The van der Waals surface area contributed by atoms with E-state index in [-0.39, 0.29) is 12.6 Å². The molecule has 0 saturated carbocycles. The van der Waals surface area contributed by atoms with Gasteiger partial charge in [-0.3, -0.25) is 4.79 Å². The van der Waals surface area contributed by atoms with Crippen molar-refractivity contribution in [1.82, 2.24) is 4.98 Å². The second-order valence-corrected chi connectivity index (χ2v) is 4.19. The van der Waals surface area contributed by atoms with Crippen molar-refractivity contribution in [1.29, 1.82) is 5.26 Å². The fourth-order valence-corrected chi connectivity index (χ4v) is 2.11. The zero-order valence-corrected chi connectivity index (χ0v) is 10.2. The highest BCUT2D eigenvalue weighted by Gasteiger charge is 2.19. The fourth-order valence-electron chi connectivity index (χ4n) is 2.11. The number of hydrogen-bond acceptors (Lipinski definition) is 4. The lowest BCUT2D eigenvalue weighted by molar-refractivity contribution is 0.101. The SMILES string of the molecule is CC(=O)c1[nH]cc(-c2ccc3c(c2)OCO3)c1C#N. The standard InChI is InChI=1S/C14H10N2O3/c1-8(17)14-10(5-15)11(6-16-14)9-2-3-12-13(4-9)19-7-18-12/h2-4,6,16H,7H2,1H3. The van der Waals surface area contributed by atoms with Gasteiger partial charge in [0.25, 0.3) is 0 Å². The summed E-state index contributed by atoms with van der Waals surface area (Å²) in [7, 11) is 0. The zero-order valence-electron chi connectivity index (χ0n) is 10.2. The summed E-state index contributed by atoms with van der Waals surface area (Å²) >= 11 is 0. The van der Waals surface area contributed by atoms with Gasteiger partial charge in [-0.15, -0.1) is 0 Å². The number of nitriles is 1. The summed E-state index contributed by atoms with van der Waals surface area (Å²) in [5, 5.41) is 9.21. The molecule has 19 heavy (non-hydrogen) atoms. The van der Waals surface area contributed by atoms with Crippen LogP contribution >= 0.6 is 0 Å². The molecular formula is C14H10N2O3. The van der Waals surface area contributed by atoms with E-state index in [9.17, 15) is 10.1 Å². The average Bonchev–Trinajstić information content (AvgIpc) is 3.03. The minimum Gasteiger partial charge on any atom is -0.454 e. The van der Waals surface area contributed by atoms with E-state index in [0.29, 0.717) is 28.3 Å². The number of H-pyrrole nitrogens is 1. The number of aromatic amines is 1. The Bertz CT molecular complexity index is 710. The molecule has 1 aromatic carbocycles. The molecule has 1 aliphatic rings. The van der Waals surface area contributed by atoms with Crippen LogP contribution in [0.5, 0.6) is 11.5 Å². The molecule has 1 aromatic heterocycles. The number of nitrogens with one attached hydrogen (secondary N) is 1. The van der Waals surface area contributed by atoms with Crippen molar-refractivity contribution in [2.24, 2.45) is 0 Å². The van der Waals surface area contributed by atoms with Gasteiger partial charge in [-0.1, -0.05) is 6.07 Å². The number of Topliss-reactive ketones (excluding diaryl/α,β-unsaturated/α-hetero) is 1. The number of hydrogen-bond donors (Lipinski definition) is 1. The molecule has 3 rings (SSSR count). The van der Waals surface area contributed by atoms with Gasteiger partial charge < -0.3 is 14.5 Å². The molecule has 0 atom stereocenters. The van der Waals surface area contributed by atoms with Crippen molar-refractivity contribution in [3.63, 3.8) is 0 Å². The molecule has 94 valence electrons. The van der Waals surface area contributed by atoms with E-state index in [0.717, 1.165) is 5.56 Å². The Hall–Kier alpha value is -2.74. The summed E-state index contributed by atoms with van der Waals surface area (Å²) < 4.78 is 10.5. The molecule has 0 amide bonds. The molecule has 1 aliphatic heterocycles. The lowest BCUT2D eigenvalue weighted by atomic mass is 10.0. The van der Waals surface area contributed by atoms with Crippen molar-refractivity contribution in [2.75, 3.05) is 6.79 Å². The van der Waals surface area contributed by atoms with Crippen LogP contribution in [0, 0.1) is 11.3 Å². The average molecular weight is 254 g/mol. The highest BCUT2D eigenvalue weighted by Crippen LogP contribution is 2.37. The second kappa shape index (κ2) is 4.18. The van der Waals surface area contributed by atoms with Crippen LogP contribution < -0.4 is 9.47 Å². The smallest absolute Gasteiger partial charge is 0.231 e. The molecule has 2 aromatic rings. The summed E-state index contributed by atoms with van der Waals surface area (Å²) in [5.41, 5.74) is 2.18. The van der Waals surface area contributed by atoms with Crippen LogP contribution in [0.3, 0.4) is 0 Å². The monoisotopic (exact) mass is 254 g/mol. The number of ether oxygens (including phenoxy) is 2. The van der Waals surface area contributed by atoms with Gasteiger partial charge >= 0.3 is 0 Å². The largest absolute Gasteiger partial charge is 0.454 e. The molecule has 0 aliphatic carbocycles. The first-order chi connectivity index (χ1) is 9.20. The highest BCUT2D eigenvalue weighted by atomic mass is 16.7. The maximum Gasteiger partial charge on any atom is 0.231 e. The number of carbonyl (C=O) groups is 1. The number of rotatable bonds is 2. The predicted molar refractivity (Wildman–Crippen MR) is 67.1 cm³/mol. The number of fused-ring (bicyclic) bond motifs is 1. The molecule has 1 N–H and O–H groups in total. The maximum atomic E-state index is 11.4. The van der Waals surface area contributed by atoms with E-state index in [2.05, 4.69) is 11.1 Å². The van der Waals surface area contributed by atoms with Crippen LogP contribution in [0.2, 0.25) is 0 Å². The third-order valence-corrected chi connectivity index (χ3v) is 3.03. The summed E-state index contributed by atoms with van der Waals surface area (Å²) in [5.74, 6) is 1.17. The Labute approximate surface area is 109 Å². The Morgan fingerprint density at radius 3 is 2.89 bits per heavy atom. The second-order valence-electron chi connectivity index (χ2n) is 4.19. The Morgan fingerprint density at radius 1 is 1.37 bits per heavy atom. The predicted octanol–water partition coefficient (Wildman–Crippen LogP) is 2.48. The maximum absolute atomic E-state index is 11.4. The fraction of sp³-hybridized carbons (Fsp3) is 0.143. The summed E-state index contributed by atoms with van der Waals surface area (Å²) in [6.07, 6.45) is 1.66. The number of carbonyl (C=O) groups excluding carboxylic acids is 1. The molecule has 0 spiro atoms. The molecule has 0 fully saturated rings. The van der Waals surface area contributed by atoms with Crippen LogP contribution in [-0.4, -0.2) is 17.6 Å². The Balaban J connectivity index is 2.13. The van der Waals surface area contributed by atoms with Gasteiger partial charge in [-0.05, 0) is 17.7 Å². The van der Waals surface area contributed by atoms with E-state index in [4.69, 9.17) is 9.47 Å². The van der Waals surface area contributed by atoms with Crippen LogP contribution in [0.4, 0.5) is 0 Å². The van der Waals surface area contributed by atoms with Crippen LogP contribution in [0.25, 0.3) is 11.1 Å². The number of ketones is 1.